The number of hydrogen-bond acceptors (Lipinski definition) is 9. The minimum Gasteiger partial charge on any atom is -0.494 e. The van der Waals surface area contributed by atoms with Crippen LogP contribution in [0, 0.1) is 5.82 Å². The second-order valence-corrected chi connectivity index (χ2v) is 8.32. The van der Waals surface area contributed by atoms with Crippen LogP contribution < -0.4 is 21.1 Å². The van der Waals surface area contributed by atoms with E-state index in [-0.39, 0.29) is 41.1 Å². The molecule has 0 fully saturated rings. The van der Waals surface area contributed by atoms with Gasteiger partial charge < -0.3 is 25.8 Å². The number of nitrogen functional groups attached to an aromatic ring is 1. The molecular formula is C25H26ClFN8O3. The number of aromatic nitrogens is 5. The highest BCUT2D eigenvalue weighted by Gasteiger charge is 2.20. The van der Waals surface area contributed by atoms with Crippen LogP contribution in [0.15, 0.2) is 42.9 Å². The third-order valence-electron chi connectivity index (χ3n) is 5.40. The fraction of sp³-hybridized carbons (Fsp3) is 0.240. The van der Waals surface area contributed by atoms with Crippen LogP contribution in [0.5, 0.6) is 5.75 Å². The van der Waals surface area contributed by atoms with Gasteiger partial charge in [-0.25, -0.2) is 19.3 Å². The van der Waals surface area contributed by atoms with Gasteiger partial charge in [-0.3, -0.25) is 9.48 Å². The quantitative estimate of drug-likeness (QED) is 0.253. The summed E-state index contributed by atoms with van der Waals surface area (Å²) < 4.78 is 49.4. The lowest BCUT2D eigenvalue weighted by molar-refractivity contribution is 0.0963. The number of methoxy groups -OCH3 is 1. The van der Waals surface area contributed by atoms with E-state index in [1.807, 2.05) is 12.2 Å². The van der Waals surface area contributed by atoms with E-state index in [0.717, 1.165) is 6.20 Å². The molecule has 198 valence electrons. The first-order chi connectivity index (χ1) is 19.5. The van der Waals surface area contributed by atoms with Gasteiger partial charge in [0.25, 0.3) is 5.91 Å². The summed E-state index contributed by atoms with van der Waals surface area (Å²) in [5.74, 6) is -0.610. The normalized spacial score (nSPS) is 12.4. The molecule has 0 bridgehead atoms. The van der Waals surface area contributed by atoms with Crippen molar-refractivity contribution in [2.24, 2.45) is 0 Å². The van der Waals surface area contributed by atoms with E-state index in [2.05, 4.69) is 25.4 Å². The number of benzene rings is 1. The smallest absolute Gasteiger partial charge is 0.254 e. The number of anilines is 3. The first-order valence-corrected chi connectivity index (χ1v) is 11.7. The number of nitrogens with two attached hydrogens (primary N) is 1. The molecule has 3 heterocycles. The fourth-order valence-corrected chi connectivity index (χ4v) is 3.77. The molecule has 3 aromatic heterocycles. The van der Waals surface area contributed by atoms with Crippen molar-refractivity contribution in [1.82, 2.24) is 30.0 Å². The molecule has 0 radical (unpaired) electrons. The molecule has 13 heteroatoms. The monoisotopic (exact) mass is 543 g/mol. The van der Waals surface area contributed by atoms with Gasteiger partial charge in [0.1, 0.15) is 28.8 Å². The van der Waals surface area contributed by atoms with Gasteiger partial charge in [0.15, 0.2) is 11.6 Å². The van der Waals surface area contributed by atoms with E-state index in [1.54, 1.807) is 23.1 Å². The summed E-state index contributed by atoms with van der Waals surface area (Å²) in [4.78, 5) is 25.0. The second-order valence-electron chi connectivity index (χ2n) is 7.94. The van der Waals surface area contributed by atoms with E-state index in [1.165, 1.54) is 25.3 Å². The third-order valence-corrected chi connectivity index (χ3v) is 5.61. The predicted molar refractivity (Wildman–Crippen MR) is 141 cm³/mol. The highest BCUT2D eigenvalue weighted by molar-refractivity contribution is 6.29. The van der Waals surface area contributed by atoms with Crippen LogP contribution in [0.1, 0.15) is 32.7 Å². The Labute approximate surface area is 227 Å². The van der Waals surface area contributed by atoms with Crippen molar-refractivity contribution in [3.05, 3.63) is 70.6 Å². The van der Waals surface area contributed by atoms with Crippen LogP contribution in [0.25, 0.3) is 11.4 Å². The lowest BCUT2D eigenvalue weighted by Gasteiger charge is -2.18. The maximum absolute atomic E-state index is 14.1. The zero-order valence-corrected chi connectivity index (χ0v) is 21.2. The van der Waals surface area contributed by atoms with Crippen molar-refractivity contribution in [2.45, 2.75) is 26.7 Å². The van der Waals surface area contributed by atoms with Crippen LogP contribution in [-0.4, -0.2) is 44.7 Å². The Morgan fingerprint density at radius 2 is 2.08 bits per heavy atom. The molecule has 4 aromatic rings. The predicted octanol–water partition coefficient (Wildman–Crippen LogP) is 3.96. The topological polar surface area (TPSA) is 142 Å². The molecule has 0 saturated carbocycles. The summed E-state index contributed by atoms with van der Waals surface area (Å²) in [5.41, 5.74) is 7.25. The fourth-order valence-electron chi connectivity index (χ4n) is 3.62. The number of rotatable bonds is 10. The third kappa shape index (κ3) is 5.98. The lowest BCUT2D eigenvalue weighted by Crippen LogP contribution is -2.19. The summed E-state index contributed by atoms with van der Waals surface area (Å²) in [6.07, 6.45) is 2.73. The van der Waals surface area contributed by atoms with E-state index >= 15 is 0 Å². The number of aryl methyl sites for hydroxylation is 1. The summed E-state index contributed by atoms with van der Waals surface area (Å²) in [7, 11) is 1.45. The largest absolute Gasteiger partial charge is 0.494 e. The number of carbonyl (C=O) groups excluding carboxylic acids is 1. The highest BCUT2D eigenvalue weighted by Crippen LogP contribution is 2.39. The van der Waals surface area contributed by atoms with Crippen molar-refractivity contribution in [1.29, 1.82) is 0 Å². The first kappa shape index (κ1) is 22.9. The molecular weight excluding hydrogens is 515 g/mol. The Morgan fingerprint density at radius 1 is 1.24 bits per heavy atom. The summed E-state index contributed by atoms with van der Waals surface area (Å²) >= 11 is 6.11. The van der Waals surface area contributed by atoms with Gasteiger partial charge in [0.05, 0.1) is 42.8 Å². The number of hydrogen-bond donors (Lipinski definition) is 3. The number of amides is 1. The average molecular weight is 544 g/mol. The van der Waals surface area contributed by atoms with E-state index < -0.39 is 18.7 Å². The van der Waals surface area contributed by atoms with Gasteiger partial charge in [-0.2, -0.15) is 5.10 Å². The van der Waals surface area contributed by atoms with Crippen molar-refractivity contribution < 1.29 is 22.8 Å². The Bertz CT molecular complexity index is 1570. The molecule has 1 amide bonds. The van der Waals surface area contributed by atoms with Crippen molar-refractivity contribution in [3.8, 4) is 17.1 Å². The zero-order valence-electron chi connectivity index (χ0n) is 23.5. The zero-order chi connectivity index (χ0) is 29.7. The molecule has 11 nitrogen and oxygen atoms in total. The van der Waals surface area contributed by atoms with Gasteiger partial charge in [0, 0.05) is 23.8 Å². The van der Waals surface area contributed by atoms with Gasteiger partial charge in [-0.1, -0.05) is 11.6 Å². The van der Waals surface area contributed by atoms with Gasteiger partial charge in [0.2, 0.25) is 0 Å². The maximum Gasteiger partial charge on any atom is 0.254 e. The molecule has 38 heavy (non-hydrogen) atoms. The molecule has 4 rings (SSSR count). The van der Waals surface area contributed by atoms with Crippen molar-refractivity contribution in [2.75, 3.05) is 25.1 Å². The molecule has 0 unspecified atom stereocenters. The standard InChI is InChI=1S/C25H26ClFN8O3/c1-4-35-13-31-24(34-35)15-7-14(11-38-12-20-17(27)5-6-22(28)33-20)8-19(23(15)37-3)32-18-9-21(26)30-10-16(18)25(36)29-2/h5-10,13H,4,11-12H2,1-3H3,(H2,28,33)(H,29,36)(H,30,32)/i2D3. The molecule has 0 spiro atoms. The molecule has 1 aromatic carbocycles. The maximum atomic E-state index is 14.1. The number of halogens is 2. The van der Waals surface area contributed by atoms with Crippen LogP contribution in [0.2, 0.25) is 5.15 Å². The molecule has 0 aliphatic rings. The lowest BCUT2D eigenvalue weighted by atomic mass is 10.1. The number of nitrogens with zero attached hydrogens (tertiary/aromatic N) is 5. The Morgan fingerprint density at radius 3 is 2.82 bits per heavy atom. The highest BCUT2D eigenvalue weighted by atomic mass is 35.5. The van der Waals surface area contributed by atoms with E-state index in [0.29, 0.717) is 34.9 Å². The molecule has 0 aliphatic carbocycles. The average Bonchev–Trinajstić information content (AvgIpc) is 3.39. The first-order valence-electron chi connectivity index (χ1n) is 12.8. The Balaban J connectivity index is 1.74. The number of nitrogens with one attached hydrogen (secondary N) is 2. The summed E-state index contributed by atoms with van der Waals surface area (Å²) in [6.45, 7) is -0.366. The van der Waals surface area contributed by atoms with E-state index in [4.69, 9.17) is 30.9 Å². The van der Waals surface area contributed by atoms with Crippen LogP contribution >= 0.6 is 11.6 Å². The SMILES string of the molecule is [2H]C([2H])([2H])NC(=O)c1cnc(Cl)cc1Nc1cc(COCc2nc(N)ccc2F)cc(-c2ncn(CC)n2)c1OC. The minimum atomic E-state index is -2.72. The number of pyridine rings is 2. The molecule has 4 N–H and O–H groups in total. The van der Waals surface area contributed by atoms with Crippen LogP contribution in [0.3, 0.4) is 0 Å². The Hall–Kier alpha value is -4.29. The van der Waals surface area contributed by atoms with Gasteiger partial charge in [-0.15, -0.1) is 0 Å². The van der Waals surface area contributed by atoms with Crippen LogP contribution in [-0.2, 0) is 24.5 Å². The number of carbonyl (C=O) groups is 1. The minimum absolute atomic E-state index is 0.0135. The Kier molecular flexibility index (Phi) is 7.13. The van der Waals surface area contributed by atoms with Crippen molar-refractivity contribution >= 4 is 34.7 Å². The van der Waals surface area contributed by atoms with Gasteiger partial charge in [-0.05, 0) is 42.8 Å². The molecule has 0 saturated heterocycles. The summed E-state index contributed by atoms with van der Waals surface area (Å²) in [5, 5.41) is 9.56. The number of ether oxygens (including phenoxy) is 2. The van der Waals surface area contributed by atoms with Gasteiger partial charge >= 0.3 is 0 Å². The summed E-state index contributed by atoms with van der Waals surface area (Å²) in [6, 6.07) is 7.37. The second kappa shape index (κ2) is 11.8. The van der Waals surface area contributed by atoms with Crippen molar-refractivity contribution in [3.63, 3.8) is 0 Å². The van der Waals surface area contributed by atoms with E-state index in [9.17, 15) is 9.18 Å². The molecule has 0 atom stereocenters. The van der Waals surface area contributed by atoms with Crippen LogP contribution in [0.4, 0.5) is 21.6 Å². The molecule has 0 aliphatic heterocycles.